The van der Waals surface area contributed by atoms with Gasteiger partial charge in [0.15, 0.2) is 0 Å². The summed E-state index contributed by atoms with van der Waals surface area (Å²) in [5, 5.41) is 14.3. The minimum atomic E-state index is -0.741. The molecule has 2 aromatic rings. The van der Waals surface area contributed by atoms with Crippen molar-refractivity contribution in [2.45, 2.75) is 19.4 Å². The number of benzene rings is 1. The normalized spacial score (nSPS) is 12.7. The molecule has 0 saturated carbocycles. The highest BCUT2D eigenvalue weighted by Crippen LogP contribution is 2.23. The van der Waals surface area contributed by atoms with Crippen molar-refractivity contribution in [2.24, 2.45) is 7.05 Å². The number of aliphatic hydroxyl groups is 1. The second kappa shape index (κ2) is 5.20. The van der Waals surface area contributed by atoms with Gasteiger partial charge in [-0.3, -0.25) is 4.68 Å². The monoisotopic (exact) mass is 312 g/mol. The molecule has 1 aromatic heterocycles. The van der Waals surface area contributed by atoms with Crippen molar-refractivity contribution >= 4 is 15.9 Å². The van der Waals surface area contributed by atoms with Gasteiger partial charge in [0.1, 0.15) is 5.82 Å². The second-order valence-electron chi connectivity index (χ2n) is 4.30. The Morgan fingerprint density at radius 1 is 1.50 bits per heavy atom. The topological polar surface area (TPSA) is 38.0 Å². The Hall–Kier alpha value is -1.20. The summed E-state index contributed by atoms with van der Waals surface area (Å²) in [6.45, 7) is 1.83. The summed E-state index contributed by atoms with van der Waals surface area (Å²) in [7, 11) is 1.80. The van der Waals surface area contributed by atoms with Gasteiger partial charge in [-0.25, -0.2) is 4.39 Å². The van der Waals surface area contributed by atoms with E-state index in [0.717, 1.165) is 11.3 Å². The predicted molar refractivity (Wildman–Crippen MR) is 70.7 cm³/mol. The number of halogens is 2. The average Bonchev–Trinajstić information content (AvgIpc) is 2.62. The third-order valence-electron chi connectivity index (χ3n) is 2.84. The summed E-state index contributed by atoms with van der Waals surface area (Å²) in [5.74, 6) is -0.315. The minimum absolute atomic E-state index is 0.242. The predicted octanol–water partition coefficient (Wildman–Crippen LogP) is 2.91. The zero-order chi connectivity index (χ0) is 13.3. The van der Waals surface area contributed by atoms with E-state index >= 15 is 0 Å². The van der Waals surface area contributed by atoms with Gasteiger partial charge in [-0.1, -0.05) is 22.0 Å². The van der Waals surface area contributed by atoms with Crippen LogP contribution in [0.25, 0.3) is 0 Å². The van der Waals surface area contributed by atoms with Crippen molar-refractivity contribution < 1.29 is 9.50 Å². The van der Waals surface area contributed by atoms with Gasteiger partial charge in [0.25, 0.3) is 0 Å². The number of rotatable bonds is 3. The van der Waals surface area contributed by atoms with Crippen LogP contribution in [0.1, 0.15) is 22.9 Å². The maximum atomic E-state index is 13.7. The van der Waals surface area contributed by atoms with Crippen LogP contribution in [0.15, 0.2) is 28.9 Å². The second-order valence-corrected chi connectivity index (χ2v) is 5.21. The van der Waals surface area contributed by atoms with Crippen molar-refractivity contribution in [1.82, 2.24) is 9.78 Å². The number of nitrogens with zero attached hydrogens (tertiary/aromatic N) is 2. The van der Waals surface area contributed by atoms with E-state index in [1.807, 2.05) is 6.92 Å². The molecule has 0 bridgehead atoms. The van der Waals surface area contributed by atoms with Crippen LogP contribution in [-0.4, -0.2) is 14.9 Å². The van der Waals surface area contributed by atoms with Crippen LogP contribution in [0.5, 0.6) is 0 Å². The van der Waals surface area contributed by atoms with E-state index in [4.69, 9.17) is 0 Å². The van der Waals surface area contributed by atoms with Crippen LogP contribution in [0.3, 0.4) is 0 Å². The Morgan fingerprint density at radius 3 is 2.78 bits per heavy atom. The highest BCUT2D eigenvalue weighted by Gasteiger charge is 2.16. The summed E-state index contributed by atoms with van der Waals surface area (Å²) in [6, 6.07) is 4.84. The Bertz CT molecular complexity index is 568. The van der Waals surface area contributed by atoms with Crippen LogP contribution in [0.4, 0.5) is 4.39 Å². The van der Waals surface area contributed by atoms with Crippen molar-refractivity contribution in [1.29, 1.82) is 0 Å². The van der Waals surface area contributed by atoms with Gasteiger partial charge in [-0.15, -0.1) is 0 Å². The summed E-state index contributed by atoms with van der Waals surface area (Å²) < 4.78 is 16.0. The van der Waals surface area contributed by atoms with E-state index in [1.165, 1.54) is 6.07 Å². The first-order chi connectivity index (χ1) is 8.47. The van der Waals surface area contributed by atoms with Crippen molar-refractivity contribution in [3.8, 4) is 0 Å². The lowest BCUT2D eigenvalue weighted by atomic mass is 10.0. The molecule has 0 fully saturated rings. The fourth-order valence-electron chi connectivity index (χ4n) is 1.95. The molecule has 96 valence electrons. The summed E-state index contributed by atoms with van der Waals surface area (Å²) in [6.07, 6.45) is 1.26. The number of hydrogen-bond donors (Lipinski definition) is 1. The quantitative estimate of drug-likeness (QED) is 0.946. The Morgan fingerprint density at radius 2 is 2.22 bits per heavy atom. The zero-order valence-electron chi connectivity index (χ0n) is 10.2. The van der Waals surface area contributed by atoms with Gasteiger partial charge in [0, 0.05) is 29.7 Å². The lowest BCUT2D eigenvalue weighted by molar-refractivity contribution is 0.176. The van der Waals surface area contributed by atoms with Gasteiger partial charge in [-0.05, 0) is 24.6 Å². The molecular weight excluding hydrogens is 299 g/mol. The van der Waals surface area contributed by atoms with Crippen LogP contribution < -0.4 is 0 Å². The number of aliphatic hydroxyl groups excluding tert-OH is 1. The maximum Gasteiger partial charge on any atom is 0.127 e. The Labute approximate surface area is 113 Å². The van der Waals surface area contributed by atoms with Gasteiger partial charge < -0.3 is 5.11 Å². The summed E-state index contributed by atoms with van der Waals surface area (Å²) >= 11 is 3.21. The fraction of sp³-hybridized carbons (Fsp3) is 0.308. The molecule has 1 N–H and O–H groups in total. The molecule has 1 unspecified atom stereocenters. The molecule has 3 nitrogen and oxygen atoms in total. The Balaban J connectivity index is 2.21. The third kappa shape index (κ3) is 2.79. The molecule has 0 aliphatic heterocycles. The molecule has 0 aliphatic rings. The van der Waals surface area contributed by atoms with Crippen molar-refractivity contribution in [3.63, 3.8) is 0 Å². The molecule has 1 atom stereocenters. The molecule has 18 heavy (non-hydrogen) atoms. The molecule has 0 aliphatic carbocycles. The lowest BCUT2D eigenvalue weighted by Crippen LogP contribution is -2.04. The fourth-order valence-corrected chi connectivity index (χ4v) is 2.28. The first-order valence-corrected chi connectivity index (χ1v) is 6.39. The molecule has 1 aromatic carbocycles. The minimum Gasteiger partial charge on any atom is -0.388 e. The molecule has 0 spiro atoms. The molecule has 0 radical (unpaired) electrons. The zero-order valence-corrected chi connectivity index (χ0v) is 11.8. The van der Waals surface area contributed by atoms with E-state index in [0.29, 0.717) is 10.0 Å². The van der Waals surface area contributed by atoms with Gasteiger partial charge >= 0.3 is 0 Å². The van der Waals surface area contributed by atoms with Crippen LogP contribution in [0, 0.1) is 12.7 Å². The first kappa shape index (κ1) is 13.2. The van der Waals surface area contributed by atoms with Crippen molar-refractivity contribution in [3.05, 3.63) is 51.5 Å². The van der Waals surface area contributed by atoms with Gasteiger partial charge in [0.05, 0.1) is 11.8 Å². The standard InChI is InChI=1S/C13H14BrFN2O/c1-8-11(7-17(2)16-8)13(18)5-9-3-4-10(14)6-12(9)15/h3-4,6-7,13,18H,5H2,1-2H3. The lowest BCUT2D eigenvalue weighted by Gasteiger charge is -2.10. The molecule has 2 rings (SSSR count). The summed E-state index contributed by atoms with van der Waals surface area (Å²) in [4.78, 5) is 0. The molecule has 1 heterocycles. The molecule has 0 saturated heterocycles. The SMILES string of the molecule is Cc1nn(C)cc1C(O)Cc1ccc(Br)cc1F. The summed E-state index contributed by atoms with van der Waals surface area (Å²) in [5.41, 5.74) is 2.00. The average molecular weight is 313 g/mol. The van der Waals surface area contributed by atoms with E-state index in [-0.39, 0.29) is 12.2 Å². The molecular formula is C13H14BrFN2O. The van der Waals surface area contributed by atoms with Gasteiger partial charge in [-0.2, -0.15) is 5.10 Å². The highest BCUT2D eigenvalue weighted by atomic mass is 79.9. The maximum absolute atomic E-state index is 13.7. The smallest absolute Gasteiger partial charge is 0.127 e. The van der Waals surface area contributed by atoms with Crippen molar-refractivity contribution in [2.75, 3.05) is 0 Å². The van der Waals surface area contributed by atoms with Crippen LogP contribution in [-0.2, 0) is 13.5 Å². The van der Waals surface area contributed by atoms with E-state index in [1.54, 1.807) is 30.1 Å². The Kier molecular flexibility index (Phi) is 3.82. The largest absolute Gasteiger partial charge is 0.388 e. The third-order valence-corrected chi connectivity index (χ3v) is 3.33. The van der Waals surface area contributed by atoms with E-state index in [2.05, 4.69) is 21.0 Å². The molecule has 5 heteroatoms. The number of hydrogen-bond acceptors (Lipinski definition) is 2. The number of aromatic nitrogens is 2. The van der Waals surface area contributed by atoms with Gasteiger partial charge in [0.2, 0.25) is 0 Å². The van der Waals surface area contributed by atoms with Crippen LogP contribution >= 0.6 is 15.9 Å². The number of aryl methyl sites for hydroxylation is 2. The van der Waals surface area contributed by atoms with E-state index in [9.17, 15) is 9.50 Å². The molecule has 0 amide bonds. The first-order valence-electron chi connectivity index (χ1n) is 5.59. The van der Waals surface area contributed by atoms with Crippen LogP contribution in [0.2, 0.25) is 0 Å². The highest BCUT2D eigenvalue weighted by molar-refractivity contribution is 9.10. The van der Waals surface area contributed by atoms with E-state index < -0.39 is 6.10 Å².